The van der Waals surface area contributed by atoms with Crippen molar-refractivity contribution in [2.75, 3.05) is 7.11 Å². The van der Waals surface area contributed by atoms with Crippen LogP contribution in [0.5, 0.6) is 5.75 Å². The van der Waals surface area contributed by atoms with E-state index in [4.69, 9.17) is 16.3 Å². The molecule has 0 bridgehead atoms. The van der Waals surface area contributed by atoms with Gasteiger partial charge in [0.15, 0.2) is 0 Å². The first kappa shape index (κ1) is 21.0. The molecule has 0 aliphatic rings. The van der Waals surface area contributed by atoms with Crippen molar-refractivity contribution in [3.05, 3.63) is 104 Å². The van der Waals surface area contributed by atoms with Crippen LogP contribution in [0.1, 0.15) is 5.56 Å². The van der Waals surface area contributed by atoms with Gasteiger partial charge in [-0.05, 0) is 54.1 Å². The number of ether oxygens (including phenoxy) is 1. The van der Waals surface area contributed by atoms with Gasteiger partial charge in [-0.2, -0.15) is 0 Å². The van der Waals surface area contributed by atoms with E-state index in [1.807, 2.05) is 6.07 Å². The van der Waals surface area contributed by atoms with Crippen LogP contribution in [0, 0.1) is 5.82 Å². The summed E-state index contributed by atoms with van der Waals surface area (Å²) < 4.78 is 23.6. The third-order valence-corrected chi connectivity index (χ3v) is 6.01. The largest absolute Gasteiger partial charge is 0.497 e. The van der Waals surface area contributed by atoms with Crippen LogP contribution in [-0.4, -0.2) is 20.8 Å². The molecule has 0 aliphatic carbocycles. The summed E-state index contributed by atoms with van der Waals surface area (Å²) in [6.45, 7) is 0.0737. The first-order valence-electron chi connectivity index (χ1n) is 10.2. The third kappa shape index (κ3) is 3.41. The molecule has 2 heterocycles. The lowest BCUT2D eigenvalue weighted by Crippen LogP contribution is -2.39. The highest BCUT2D eigenvalue weighted by Gasteiger charge is 2.22. The molecule has 8 heteroatoms. The summed E-state index contributed by atoms with van der Waals surface area (Å²) in [5, 5.41) is 1.09. The lowest BCUT2D eigenvalue weighted by molar-refractivity contribution is 0.415. The number of methoxy groups -OCH3 is 1. The minimum Gasteiger partial charge on any atom is -0.497 e. The van der Waals surface area contributed by atoms with Crippen molar-refractivity contribution in [1.82, 2.24) is 13.7 Å². The molecular weight excluding hydrogens is 445 g/mol. The SMILES string of the molecule is COc1ccc2c(c1)c1c(c(=O)n(-c3cccc(Cl)c3)c(=O)n1Cc1cccc(F)c1)n2C. The molecule has 0 N–H and O–H groups in total. The number of hydrogen-bond donors (Lipinski definition) is 0. The van der Waals surface area contributed by atoms with E-state index >= 15 is 0 Å². The zero-order valence-corrected chi connectivity index (χ0v) is 18.6. The molecule has 0 aliphatic heterocycles. The molecule has 3 aromatic carbocycles. The van der Waals surface area contributed by atoms with Crippen molar-refractivity contribution in [3.63, 3.8) is 0 Å². The summed E-state index contributed by atoms with van der Waals surface area (Å²) in [7, 11) is 3.33. The highest BCUT2D eigenvalue weighted by atomic mass is 35.5. The van der Waals surface area contributed by atoms with Gasteiger partial charge in [0, 0.05) is 17.5 Å². The second-order valence-corrected chi connectivity index (χ2v) is 8.19. The fourth-order valence-corrected chi connectivity index (χ4v) is 4.45. The third-order valence-electron chi connectivity index (χ3n) is 5.77. The Balaban J connectivity index is 1.95. The molecule has 0 atom stereocenters. The predicted molar refractivity (Wildman–Crippen MR) is 127 cm³/mol. The van der Waals surface area contributed by atoms with Gasteiger partial charge >= 0.3 is 5.69 Å². The van der Waals surface area contributed by atoms with Crippen molar-refractivity contribution in [2.45, 2.75) is 6.54 Å². The van der Waals surface area contributed by atoms with Gasteiger partial charge in [-0.15, -0.1) is 0 Å². The smallest absolute Gasteiger partial charge is 0.336 e. The van der Waals surface area contributed by atoms with Gasteiger partial charge in [0.1, 0.15) is 17.1 Å². The highest BCUT2D eigenvalue weighted by Crippen LogP contribution is 2.29. The van der Waals surface area contributed by atoms with Crippen molar-refractivity contribution in [3.8, 4) is 11.4 Å². The molecule has 5 rings (SSSR count). The van der Waals surface area contributed by atoms with E-state index in [1.54, 1.807) is 67.3 Å². The molecule has 6 nitrogen and oxygen atoms in total. The normalized spacial score (nSPS) is 11.4. The van der Waals surface area contributed by atoms with E-state index in [-0.39, 0.29) is 6.54 Å². The molecule has 5 aromatic rings. The van der Waals surface area contributed by atoms with Gasteiger partial charge in [-0.1, -0.05) is 29.8 Å². The number of benzene rings is 3. The van der Waals surface area contributed by atoms with Gasteiger partial charge in [0.2, 0.25) is 0 Å². The molecule has 0 amide bonds. The van der Waals surface area contributed by atoms with Crippen LogP contribution >= 0.6 is 11.6 Å². The van der Waals surface area contributed by atoms with Crippen LogP contribution in [0.2, 0.25) is 5.02 Å². The standard InChI is InChI=1S/C25H19ClFN3O3/c1-28-21-10-9-19(33-2)13-20(21)22-23(28)24(31)30(18-8-4-6-16(26)12-18)25(32)29(22)14-15-5-3-7-17(27)11-15/h3-13H,14H2,1-2H3. The summed E-state index contributed by atoms with van der Waals surface area (Å²) in [5.41, 5.74) is 1.50. The predicted octanol–water partition coefficient (Wildman–Crippen LogP) is 4.49. The van der Waals surface area contributed by atoms with Crippen LogP contribution in [-0.2, 0) is 13.6 Å². The van der Waals surface area contributed by atoms with E-state index in [0.717, 1.165) is 10.1 Å². The number of hydrogen-bond acceptors (Lipinski definition) is 3. The zero-order valence-electron chi connectivity index (χ0n) is 17.9. The summed E-state index contributed by atoms with van der Waals surface area (Å²) in [5.74, 6) is 0.193. The fourth-order valence-electron chi connectivity index (χ4n) is 4.27. The molecule has 0 fully saturated rings. The summed E-state index contributed by atoms with van der Waals surface area (Å²) in [4.78, 5) is 27.4. The van der Waals surface area contributed by atoms with E-state index in [9.17, 15) is 14.0 Å². The molecule has 166 valence electrons. The highest BCUT2D eigenvalue weighted by molar-refractivity contribution is 6.30. The minimum absolute atomic E-state index is 0.0737. The number of aryl methyl sites for hydroxylation is 1. The van der Waals surface area contributed by atoms with Crippen molar-refractivity contribution >= 4 is 33.5 Å². The van der Waals surface area contributed by atoms with Gasteiger partial charge in [0.05, 0.1) is 30.4 Å². The van der Waals surface area contributed by atoms with Crippen molar-refractivity contribution in [1.29, 1.82) is 0 Å². The number of aromatic nitrogens is 3. The van der Waals surface area contributed by atoms with E-state index in [0.29, 0.717) is 38.4 Å². The van der Waals surface area contributed by atoms with Crippen LogP contribution in [0.25, 0.3) is 27.6 Å². The molecule has 0 radical (unpaired) electrons. The molecule has 0 saturated carbocycles. The summed E-state index contributed by atoms with van der Waals surface area (Å²) in [6, 6.07) is 18.0. The van der Waals surface area contributed by atoms with E-state index in [1.165, 1.54) is 16.7 Å². The second kappa shape index (κ2) is 7.94. The average Bonchev–Trinajstić information content (AvgIpc) is 3.09. The Hall–Kier alpha value is -3.84. The van der Waals surface area contributed by atoms with Crippen LogP contribution in [0.15, 0.2) is 76.3 Å². The lowest BCUT2D eigenvalue weighted by atomic mass is 10.2. The maximum Gasteiger partial charge on any atom is 0.336 e. The molecule has 0 saturated heterocycles. The number of fused-ring (bicyclic) bond motifs is 3. The quantitative estimate of drug-likeness (QED) is 0.394. The van der Waals surface area contributed by atoms with Gasteiger partial charge in [-0.3, -0.25) is 9.36 Å². The van der Waals surface area contributed by atoms with Gasteiger partial charge < -0.3 is 9.30 Å². The Kier molecular flexibility index (Phi) is 5.06. The lowest BCUT2D eigenvalue weighted by Gasteiger charge is -2.14. The van der Waals surface area contributed by atoms with Crippen molar-refractivity contribution < 1.29 is 9.13 Å². The first-order valence-corrected chi connectivity index (χ1v) is 10.6. The Morgan fingerprint density at radius 2 is 1.76 bits per heavy atom. The van der Waals surface area contributed by atoms with Gasteiger partial charge in [0.25, 0.3) is 5.56 Å². The molecule has 2 aromatic heterocycles. The van der Waals surface area contributed by atoms with Gasteiger partial charge in [-0.25, -0.2) is 13.8 Å². The van der Waals surface area contributed by atoms with Crippen molar-refractivity contribution in [2.24, 2.45) is 7.05 Å². The Morgan fingerprint density at radius 1 is 0.970 bits per heavy atom. The molecular formula is C25H19ClFN3O3. The fraction of sp³-hybridized carbons (Fsp3) is 0.120. The van der Waals surface area contributed by atoms with E-state index in [2.05, 4.69) is 0 Å². The Bertz CT molecular complexity index is 1670. The monoisotopic (exact) mass is 463 g/mol. The molecule has 0 spiro atoms. The summed E-state index contributed by atoms with van der Waals surface area (Å²) in [6.07, 6.45) is 0. The Labute approximate surface area is 192 Å². The van der Waals surface area contributed by atoms with Crippen LogP contribution in [0.4, 0.5) is 4.39 Å². The van der Waals surface area contributed by atoms with E-state index < -0.39 is 17.1 Å². The van der Waals surface area contributed by atoms with Crippen LogP contribution < -0.4 is 16.0 Å². The maximum atomic E-state index is 13.9. The summed E-state index contributed by atoms with van der Waals surface area (Å²) >= 11 is 6.15. The second-order valence-electron chi connectivity index (χ2n) is 7.76. The van der Waals surface area contributed by atoms with Crippen LogP contribution in [0.3, 0.4) is 0 Å². The molecule has 33 heavy (non-hydrogen) atoms. The Morgan fingerprint density at radius 3 is 2.48 bits per heavy atom. The zero-order chi connectivity index (χ0) is 23.3. The average molecular weight is 464 g/mol. The number of rotatable bonds is 4. The minimum atomic E-state index is -0.547. The number of nitrogens with zero attached hydrogens (tertiary/aromatic N) is 3. The maximum absolute atomic E-state index is 13.9. The molecule has 0 unspecified atom stereocenters. The topological polar surface area (TPSA) is 58.2 Å². The number of halogens is 2. The first-order chi connectivity index (χ1) is 15.9.